The van der Waals surface area contributed by atoms with Gasteiger partial charge in [0.15, 0.2) is 5.78 Å². The van der Waals surface area contributed by atoms with Gasteiger partial charge in [-0.15, -0.1) is 0 Å². The summed E-state index contributed by atoms with van der Waals surface area (Å²) >= 11 is 0. The van der Waals surface area contributed by atoms with Gasteiger partial charge in [-0.25, -0.2) is 0 Å². The number of benzene rings is 3. The molecule has 32 heavy (non-hydrogen) atoms. The molecule has 0 aromatic heterocycles. The maximum atomic E-state index is 13.7. The smallest absolute Gasteiger partial charge is 0.304 e. The second kappa shape index (κ2) is 9.09. The lowest BCUT2D eigenvalue weighted by atomic mass is 9.84. The van der Waals surface area contributed by atoms with E-state index < -0.39 is 23.3 Å². The number of amides is 1. The normalized spacial score (nSPS) is 12.5. The van der Waals surface area contributed by atoms with Gasteiger partial charge < -0.3 is 19.5 Å². The van der Waals surface area contributed by atoms with Crippen LogP contribution in [0.15, 0.2) is 54.6 Å². The molecule has 0 unspecified atom stereocenters. The maximum absolute atomic E-state index is 13.7. The number of nitrogens with one attached hydrogen (secondary N) is 1. The Morgan fingerprint density at radius 3 is 2.19 bits per heavy atom. The number of para-hydroxylation sites is 1. The van der Waals surface area contributed by atoms with Crippen molar-refractivity contribution in [1.82, 2.24) is 0 Å². The highest BCUT2D eigenvalue weighted by Gasteiger charge is 2.52. The molecule has 0 aliphatic heterocycles. The number of ketones is 1. The van der Waals surface area contributed by atoms with Crippen molar-refractivity contribution >= 4 is 34.1 Å². The second-order valence-electron chi connectivity index (χ2n) is 7.33. The number of esters is 1. The number of hydrogen-bond donors (Lipinski definition) is 1. The number of ether oxygens (including phenoxy) is 3. The SMILES string of the molecule is COc1ccc2ccc(OC)c([C@](OC(C)=O)(C(C)=O)C(=O)Nc3ccccc3C)c2c1. The molecule has 3 aromatic carbocycles. The lowest BCUT2D eigenvalue weighted by Gasteiger charge is -2.32. The van der Waals surface area contributed by atoms with Gasteiger partial charge in [0, 0.05) is 12.6 Å². The highest BCUT2D eigenvalue weighted by molar-refractivity contribution is 6.18. The summed E-state index contributed by atoms with van der Waals surface area (Å²) in [5.41, 5.74) is -0.879. The molecule has 166 valence electrons. The van der Waals surface area contributed by atoms with Crippen molar-refractivity contribution in [2.24, 2.45) is 0 Å². The van der Waals surface area contributed by atoms with E-state index in [0.717, 1.165) is 12.5 Å². The zero-order valence-corrected chi connectivity index (χ0v) is 18.6. The first kappa shape index (κ1) is 22.8. The predicted octanol–water partition coefficient (Wildman–Crippen LogP) is 4.15. The number of rotatable bonds is 7. The number of aryl methyl sites for hydroxylation is 1. The van der Waals surface area contributed by atoms with E-state index in [4.69, 9.17) is 14.2 Å². The molecule has 3 aromatic rings. The fourth-order valence-corrected chi connectivity index (χ4v) is 3.70. The lowest BCUT2D eigenvalue weighted by molar-refractivity contribution is -0.171. The molecule has 0 saturated heterocycles. The van der Waals surface area contributed by atoms with Crippen molar-refractivity contribution in [3.8, 4) is 11.5 Å². The minimum Gasteiger partial charge on any atom is -0.497 e. The Hall–Kier alpha value is -3.87. The van der Waals surface area contributed by atoms with Crippen LogP contribution < -0.4 is 14.8 Å². The topological polar surface area (TPSA) is 90.9 Å². The fourth-order valence-electron chi connectivity index (χ4n) is 3.70. The van der Waals surface area contributed by atoms with E-state index in [1.54, 1.807) is 42.5 Å². The first-order chi connectivity index (χ1) is 15.2. The lowest BCUT2D eigenvalue weighted by Crippen LogP contribution is -2.49. The van der Waals surface area contributed by atoms with Gasteiger partial charge >= 0.3 is 5.97 Å². The number of carbonyl (C=O) groups excluding carboxylic acids is 3. The van der Waals surface area contributed by atoms with Crippen LogP contribution in [0.3, 0.4) is 0 Å². The van der Waals surface area contributed by atoms with Crippen LogP contribution in [0.2, 0.25) is 0 Å². The van der Waals surface area contributed by atoms with Gasteiger partial charge in [0.05, 0.1) is 19.8 Å². The molecular formula is C25H25NO6. The molecule has 1 atom stereocenters. The van der Waals surface area contributed by atoms with E-state index in [-0.39, 0.29) is 11.3 Å². The van der Waals surface area contributed by atoms with E-state index in [0.29, 0.717) is 22.2 Å². The molecule has 1 N–H and O–H groups in total. The first-order valence-corrected chi connectivity index (χ1v) is 9.97. The van der Waals surface area contributed by atoms with Crippen LogP contribution in [0.25, 0.3) is 10.8 Å². The van der Waals surface area contributed by atoms with Crippen LogP contribution in [-0.4, -0.2) is 31.9 Å². The van der Waals surface area contributed by atoms with Crippen molar-refractivity contribution in [2.45, 2.75) is 26.4 Å². The van der Waals surface area contributed by atoms with E-state index >= 15 is 0 Å². The van der Waals surface area contributed by atoms with Gasteiger partial charge in [0.25, 0.3) is 11.5 Å². The Morgan fingerprint density at radius 1 is 0.906 bits per heavy atom. The molecule has 0 bridgehead atoms. The standard InChI is InChI=1S/C25H25NO6/c1-15-8-6-7-9-21(15)26-24(29)25(16(2)27,32-17(3)28)23-20-14-19(30-4)12-10-18(20)11-13-22(23)31-5/h6-14H,1-5H3,(H,26,29)/t25-/m1/s1. The Bertz CT molecular complexity index is 1200. The molecule has 3 rings (SSSR count). The number of hydrogen-bond acceptors (Lipinski definition) is 6. The van der Waals surface area contributed by atoms with E-state index in [9.17, 15) is 14.4 Å². The quantitative estimate of drug-likeness (QED) is 0.443. The number of methoxy groups -OCH3 is 2. The van der Waals surface area contributed by atoms with Gasteiger partial charge in [-0.1, -0.05) is 30.3 Å². The van der Waals surface area contributed by atoms with Crippen molar-refractivity contribution in [2.75, 3.05) is 19.5 Å². The molecule has 1 amide bonds. The number of fused-ring (bicyclic) bond motifs is 1. The molecule has 0 radical (unpaired) electrons. The Kier molecular flexibility index (Phi) is 6.48. The van der Waals surface area contributed by atoms with Gasteiger partial charge in [0.1, 0.15) is 11.5 Å². The summed E-state index contributed by atoms with van der Waals surface area (Å²) in [7, 11) is 2.93. The fraction of sp³-hybridized carbons (Fsp3) is 0.240. The Balaban J connectivity index is 2.36. The Labute approximate surface area is 186 Å². The summed E-state index contributed by atoms with van der Waals surface area (Å²) in [6.07, 6.45) is 0. The molecule has 0 aliphatic rings. The zero-order chi connectivity index (χ0) is 23.5. The summed E-state index contributed by atoms with van der Waals surface area (Å²) in [5.74, 6) is -1.54. The maximum Gasteiger partial charge on any atom is 0.304 e. The van der Waals surface area contributed by atoms with E-state index in [2.05, 4.69) is 5.32 Å². The number of Topliss-reactive ketones (excluding diaryl/α,β-unsaturated/α-hetero) is 1. The minimum absolute atomic E-state index is 0.130. The summed E-state index contributed by atoms with van der Waals surface area (Å²) < 4.78 is 16.4. The van der Waals surface area contributed by atoms with Crippen LogP contribution in [-0.2, 0) is 24.7 Å². The third-order valence-electron chi connectivity index (χ3n) is 5.27. The summed E-state index contributed by atoms with van der Waals surface area (Å²) in [4.78, 5) is 39.1. The van der Waals surface area contributed by atoms with Crippen LogP contribution in [0.1, 0.15) is 25.0 Å². The molecule has 0 fully saturated rings. The average Bonchev–Trinajstić information content (AvgIpc) is 2.77. The van der Waals surface area contributed by atoms with Crippen molar-refractivity contribution in [3.05, 3.63) is 65.7 Å². The van der Waals surface area contributed by atoms with Gasteiger partial charge in [-0.3, -0.25) is 14.4 Å². The molecule has 0 spiro atoms. The second-order valence-corrected chi connectivity index (χ2v) is 7.33. The highest BCUT2D eigenvalue weighted by atomic mass is 16.6. The summed E-state index contributed by atoms with van der Waals surface area (Å²) in [5, 5.41) is 3.95. The summed E-state index contributed by atoms with van der Waals surface area (Å²) in [6, 6.07) is 15.7. The van der Waals surface area contributed by atoms with Crippen molar-refractivity contribution in [1.29, 1.82) is 0 Å². The molecular weight excluding hydrogens is 410 g/mol. The van der Waals surface area contributed by atoms with Gasteiger partial charge in [-0.2, -0.15) is 0 Å². The molecule has 7 nitrogen and oxygen atoms in total. The third-order valence-corrected chi connectivity index (χ3v) is 5.27. The van der Waals surface area contributed by atoms with Crippen LogP contribution in [0, 0.1) is 6.92 Å². The molecule has 0 aliphatic carbocycles. The number of anilines is 1. The van der Waals surface area contributed by atoms with E-state index in [1.165, 1.54) is 21.1 Å². The molecule has 0 heterocycles. The Morgan fingerprint density at radius 2 is 1.59 bits per heavy atom. The van der Waals surface area contributed by atoms with Crippen molar-refractivity contribution < 1.29 is 28.6 Å². The first-order valence-electron chi connectivity index (χ1n) is 9.97. The molecule has 7 heteroatoms. The predicted molar refractivity (Wildman–Crippen MR) is 121 cm³/mol. The van der Waals surface area contributed by atoms with Gasteiger partial charge in [-0.05, 0) is 54.4 Å². The summed E-state index contributed by atoms with van der Waals surface area (Å²) in [6.45, 7) is 4.18. The zero-order valence-electron chi connectivity index (χ0n) is 18.6. The number of carbonyl (C=O) groups is 3. The van der Waals surface area contributed by atoms with Crippen LogP contribution in [0.4, 0.5) is 5.69 Å². The van der Waals surface area contributed by atoms with Gasteiger partial charge in [0.2, 0.25) is 0 Å². The largest absolute Gasteiger partial charge is 0.497 e. The van der Waals surface area contributed by atoms with E-state index in [1.807, 2.05) is 19.1 Å². The van der Waals surface area contributed by atoms with Crippen LogP contribution >= 0.6 is 0 Å². The van der Waals surface area contributed by atoms with Crippen LogP contribution in [0.5, 0.6) is 11.5 Å². The van der Waals surface area contributed by atoms with Crippen molar-refractivity contribution in [3.63, 3.8) is 0 Å². The average molecular weight is 435 g/mol. The monoisotopic (exact) mass is 435 g/mol. The highest BCUT2D eigenvalue weighted by Crippen LogP contribution is 2.42. The minimum atomic E-state index is -2.29. The molecule has 0 saturated carbocycles. The third kappa shape index (κ3) is 4.01.